The van der Waals surface area contributed by atoms with Gasteiger partial charge in [0, 0.05) is 5.39 Å². The second-order valence-corrected chi connectivity index (χ2v) is 6.89. The minimum atomic E-state index is -0.925. The average molecular weight is 345 g/mol. The molecule has 0 fully saturated rings. The van der Waals surface area contributed by atoms with Crippen LogP contribution in [0.15, 0.2) is 59.7 Å². The summed E-state index contributed by atoms with van der Waals surface area (Å²) in [5.41, 5.74) is 4.20. The van der Waals surface area contributed by atoms with E-state index in [4.69, 9.17) is 4.98 Å². The van der Waals surface area contributed by atoms with Crippen molar-refractivity contribution in [2.24, 2.45) is 0 Å². The lowest BCUT2D eigenvalue weighted by molar-refractivity contribution is 0.0699. The first kappa shape index (κ1) is 17.9. The summed E-state index contributed by atoms with van der Waals surface area (Å²) in [5.74, 6) is -0.925. The molecule has 0 aliphatic carbocycles. The monoisotopic (exact) mass is 345 g/mol. The normalized spacial score (nSPS) is 11.7. The summed E-state index contributed by atoms with van der Waals surface area (Å²) in [6, 6.07) is 13.4. The van der Waals surface area contributed by atoms with Gasteiger partial charge < -0.3 is 5.11 Å². The van der Waals surface area contributed by atoms with Crippen molar-refractivity contribution in [2.45, 2.75) is 33.6 Å². The van der Waals surface area contributed by atoms with E-state index in [0.717, 1.165) is 23.6 Å². The number of hydrogen-bond donors (Lipinski definition) is 1. The van der Waals surface area contributed by atoms with Crippen molar-refractivity contribution in [3.8, 4) is 0 Å². The third kappa shape index (κ3) is 3.83. The summed E-state index contributed by atoms with van der Waals surface area (Å²) in [5, 5.41) is 12.4. The minimum absolute atomic E-state index is 0.301. The number of rotatable bonds is 5. The Kier molecular flexibility index (Phi) is 5.17. The smallest absolute Gasteiger partial charge is 0.336 e. The van der Waals surface area contributed by atoms with E-state index in [1.165, 1.54) is 11.1 Å². The molecule has 3 heteroatoms. The van der Waals surface area contributed by atoms with Crippen LogP contribution >= 0.6 is 0 Å². The molecule has 0 saturated heterocycles. The van der Waals surface area contributed by atoms with E-state index in [0.29, 0.717) is 22.2 Å². The fourth-order valence-corrected chi connectivity index (χ4v) is 3.18. The number of nitrogens with zero attached hydrogens (tertiary/aromatic N) is 1. The molecular weight excluding hydrogens is 322 g/mol. The maximum atomic E-state index is 11.9. The Morgan fingerprint density at radius 3 is 2.62 bits per heavy atom. The SMILES string of the molecule is CC(C)=CCCC(C)=Cc1cc(C(=O)O)c2c(ccc3ccccc32)n1. The van der Waals surface area contributed by atoms with Crippen LogP contribution in [0.2, 0.25) is 0 Å². The number of benzene rings is 2. The Bertz CT molecular complexity index is 1040. The first-order valence-corrected chi connectivity index (χ1v) is 8.82. The number of carboxylic acids is 1. The Morgan fingerprint density at radius 1 is 1.12 bits per heavy atom. The number of aromatic carboxylic acids is 1. The molecule has 0 aliphatic heterocycles. The van der Waals surface area contributed by atoms with Gasteiger partial charge in [-0.3, -0.25) is 0 Å². The van der Waals surface area contributed by atoms with Gasteiger partial charge in [-0.1, -0.05) is 47.6 Å². The third-order valence-corrected chi connectivity index (χ3v) is 4.43. The van der Waals surface area contributed by atoms with E-state index in [-0.39, 0.29) is 0 Å². The fourth-order valence-electron chi connectivity index (χ4n) is 3.18. The molecule has 3 nitrogen and oxygen atoms in total. The van der Waals surface area contributed by atoms with E-state index in [9.17, 15) is 9.90 Å². The number of pyridine rings is 1. The highest BCUT2D eigenvalue weighted by Gasteiger charge is 2.14. The highest BCUT2D eigenvalue weighted by atomic mass is 16.4. The summed E-state index contributed by atoms with van der Waals surface area (Å²) in [7, 11) is 0. The van der Waals surface area contributed by atoms with Crippen LogP contribution in [0.4, 0.5) is 0 Å². The first-order valence-electron chi connectivity index (χ1n) is 8.82. The molecule has 1 heterocycles. The molecule has 1 aromatic heterocycles. The van der Waals surface area contributed by atoms with E-state index in [1.807, 2.05) is 42.5 Å². The third-order valence-electron chi connectivity index (χ3n) is 4.43. The van der Waals surface area contributed by atoms with Gasteiger partial charge in [0.05, 0.1) is 16.8 Å². The number of fused-ring (bicyclic) bond motifs is 3. The molecule has 0 bridgehead atoms. The van der Waals surface area contributed by atoms with Crippen LogP contribution in [0.3, 0.4) is 0 Å². The Hall–Kier alpha value is -2.94. The highest BCUT2D eigenvalue weighted by molar-refractivity contribution is 6.15. The second kappa shape index (κ2) is 7.52. The number of carboxylic acid groups (broad SMARTS) is 1. The molecule has 0 saturated carbocycles. The van der Waals surface area contributed by atoms with Gasteiger partial charge in [-0.05, 0) is 62.6 Å². The van der Waals surface area contributed by atoms with Crippen molar-refractivity contribution < 1.29 is 9.90 Å². The molecule has 26 heavy (non-hydrogen) atoms. The lowest BCUT2D eigenvalue weighted by atomic mass is 9.99. The zero-order chi connectivity index (χ0) is 18.7. The number of aromatic nitrogens is 1. The van der Waals surface area contributed by atoms with Gasteiger partial charge in [0.1, 0.15) is 0 Å². The molecule has 1 N–H and O–H groups in total. The molecule has 3 rings (SSSR count). The van der Waals surface area contributed by atoms with Crippen molar-refractivity contribution >= 4 is 33.7 Å². The highest BCUT2D eigenvalue weighted by Crippen LogP contribution is 2.28. The standard InChI is InChI=1S/C23H23NO2/c1-15(2)7-6-8-16(3)13-18-14-20(23(25)26)22-19-10-5-4-9-17(19)11-12-21(22)24-18/h4-5,7,9-14H,6,8H2,1-3H3,(H,25,26). The molecular formula is C23H23NO2. The average Bonchev–Trinajstić information content (AvgIpc) is 2.60. The summed E-state index contributed by atoms with van der Waals surface area (Å²) in [4.78, 5) is 16.6. The van der Waals surface area contributed by atoms with Gasteiger partial charge in [0.25, 0.3) is 0 Å². The molecule has 2 aromatic carbocycles. The molecule has 0 amide bonds. The van der Waals surface area contributed by atoms with Crippen LogP contribution in [0.5, 0.6) is 0 Å². The van der Waals surface area contributed by atoms with Gasteiger partial charge in [-0.2, -0.15) is 0 Å². The number of allylic oxidation sites excluding steroid dienone is 3. The second-order valence-electron chi connectivity index (χ2n) is 6.89. The van der Waals surface area contributed by atoms with E-state index < -0.39 is 5.97 Å². The maximum absolute atomic E-state index is 11.9. The molecule has 132 valence electrons. The molecule has 0 unspecified atom stereocenters. The predicted molar refractivity (Wildman–Crippen MR) is 109 cm³/mol. The van der Waals surface area contributed by atoms with Crippen LogP contribution in [-0.4, -0.2) is 16.1 Å². The van der Waals surface area contributed by atoms with Gasteiger partial charge >= 0.3 is 5.97 Å². The largest absolute Gasteiger partial charge is 0.478 e. The van der Waals surface area contributed by atoms with E-state index in [1.54, 1.807) is 6.07 Å². The van der Waals surface area contributed by atoms with Gasteiger partial charge in [-0.15, -0.1) is 0 Å². The van der Waals surface area contributed by atoms with Crippen LogP contribution in [0.1, 0.15) is 49.7 Å². The fraction of sp³-hybridized carbons (Fsp3) is 0.217. The topological polar surface area (TPSA) is 50.2 Å². The van der Waals surface area contributed by atoms with Crippen LogP contribution in [0, 0.1) is 0 Å². The summed E-state index contributed by atoms with van der Waals surface area (Å²) < 4.78 is 0. The number of hydrogen-bond acceptors (Lipinski definition) is 2. The quantitative estimate of drug-likeness (QED) is 0.440. The van der Waals surface area contributed by atoms with Crippen molar-refractivity contribution in [3.05, 3.63) is 70.9 Å². The van der Waals surface area contributed by atoms with Crippen molar-refractivity contribution in [1.29, 1.82) is 0 Å². The van der Waals surface area contributed by atoms with Crippen molar-refractivity contribution in [1.82, 2.24) is 4.98 Å². The zero-order valence-electron chi connectivity index (χ0n) is 15.4. The van der Waals surface area contributed by atoms with E-state index in [2.05, 4.69) is 26.8 Å². The summed E-state index contributed by atoms with van der Waals surface area (Å²) >= 11 is 0. The molecule has 0 spiro atoms. The van der Waals surface area contributed by atoms with Crippen molar-refractivity contribution in [2.75, 3.05) is 0 Å². The maximum Gasteiger partial charge on any atom is 0.336 e. The predicted octanol–water partition coefficient (Wildman–Crippen LogP) is 6.24. The summed E-state index contributed by atoms with van der Waals surface area (Å²) in [6.07, 6.45) is 6.11. The minimum Gasteiger partial charge on any atom is -0.478 e. The zero-order valence-corrected chi connectivity index (χ0v) is 15.4. The lowest BCUT2D eigenvalue weighted by Crippen LogP contribution is -2.01. The lowest BCUT2D eigenvalue weighted by Gasteiger charge is -2.09. The van der Waals surface area contributed by atoms with E-state index >= 15 is 0 Å². The Balaban J connectivity index is 2.10. The molecule has 0 atom stereocenters. The molecule has 0 radical (unpaired) electrons. The number of carbonyl (C=O) groups is 1. The summed E-state index contributed by atoms with van der Waals surface area (Å²) in [6.45, 7) is 6.24. The van der Waals surface area contributed by atoms with Gasteiger partial charge in [0.2, 0.25) is 0 Å². The van der Waals surface area contributed by atoms with Crippen LogP contribution < -0.4 is 0 Å². The van der Waals surface area contributed by atoms with Crippen LogP contribution in [-0.2, 0) is 0 Å². The molecule has 3 aromatic rings. The van der Waals surface area contributed by atoms with Gasteiger partial charge in [-0.25, -0.2) is 9.78 Å². The van der Waals surface area contributed by atoms with Crippen molar-refractivity contribution in [3.63, 3.8) is 0 Å². The Labute approximate surface area is 153 Å². The van der Waals surface area contributed by atoms with Crippen LogP contribution in [0.25, 0.3) is 27.8 Å². The first-order chi connectivity index (χ1) is 12.5. The molecule has 0 aliphatic rings. The Morgan fingerprint density at radius 2 is 1.88 bits per heavy atom. The van der Waals surface area contributed by atoms with Gasteiger partial charge in [0.15, 0.2) is 0 Å².